The van der Waals surface area contributed by atoms with E-state index in [2.05, 4.69) is 15.1 Å². The molecule has 3 aromatic rings. The molecule has 3 aliphatic heterocycles. The van der Waals surface area contributed by atoms with E-state index >= 15 is 0 Å². The Morgan fingerprint density at radius 1 is 1.03 bits per heavy atom. The highest BCUT2D eigenvalue weighted by atomic mass is 19.2. The number of halogens is 3. The molecule has 0 atom stereocenters. The molecular weight excluding hydrogens is 399 g/mol. The van der Waals surface area contributed by atoms with Crippen molar-refractivity contribution in [1.29, 1.82) is 0 Å². The first kappa shape index (κ1) is 16.9. The maximum absolute atomic E-state index is 14.1. The molecule has 4 heterocycles. The molecule has 0 radical (unpaired) electrons. The summed E-state index contributed by atoms with van der Waals surface area (Å²) >= 11 is 0. The number of amidine groups is 1. The molecule has 3 aliphatic rings. The van der Waals surface area contributed by atoms with Crippen LogP contribution in [-0.4, -0.2) is 39.4 Å². The average Bonchev–Trinajstić information content (AvgIpc) is 3.45. The summed E-state index contributed by atoms with van der Waals surface area (Å²) < 4.78 is 46.8. The number of fused-ring (bicyclic) bond motifs is 6. The van der Waals surface area contributed by atoms with Gasteiger partial charge in [0.25, 0.3) is 0 Å². The van der Waals surface area contributed by atoms with E-state index < -0.39 is 11.6 Å². The Morgan fingerprint density at radius 3 is 2.77 bits per heavy atom. The van der Waals surface area contributed by atoms with E-state index in [0.717, 1.165) is 23.4 Å². The molecule has 0 amide bonds. The van der Waals surface area contributed by atoms with Gasteiger partial charge in [0, 0.05) is 11.6 Å². The summed E-state index contributed by atoms with van der Waals surface area (Å²) in [5, 5.41) is 7.64. The van der Waals surface area contributed by atoms with E-state index in [1.54, 1.807) is 14.9 Å². The van der Waals surface area contributed by atoms with Crippen LogP contribution in [0, 0.1) is 11.6 Å². The highest BCUT2D eigenvalue weighted by Crippen LogP contribution is 2.40. The van der Waals surface area contributed by atoms with Gasteiger partial charge in [0.15, 0.2) is 11.7 Å². The summed E-state index contributed by atoms with van der Waals surface area (Å²) in [7, 11) is 0. The Morgan fingerprint density at radius 2 is 1.90 bits per heavy atom. The summed E-state index contributed by atoms with van der Waals surface area (Å²) in [6, 6.07) is 10.7. The van der Waals surface area contributed by atoms with E-state index in [9.17, 15) is 13.3 Å². The molecule has 0 N–H and O–H groups in total. The van der Waals surface area contributed by atoms with Crippen LogP contribution in [0.5, 0.6) is 0 Å². The van der Waals surface area contributed by atoms with Crippen LogP contribution in [-0.2, 0) is 0 Å². The number of anilines is 2. The fourth-order valence-electron chi connectivity index (χ4n) is 3.77. The number of hydrazine groups is 1. The van der Waals surface area contributed by atoms with Gasteiger partial charge in [-0.3, -0.25) is 0 Å². The predicted molar refractivity (Wildman–Crippen MR) is 100 cm³/mol. The fourth-order valence-corrected chi connectivity index (χ4v) is 3.77. The third-order valence-corrected chi connectivity index (χ3v) is 5.07. The van der Waals surface area contributed by atoms with E-state index in [-0.39, 0.29) is 30.7 Å². The number of para-hydroxylation sites is 1. The summed E-state index contributed by atoms with van der Waals surface area (Å²) in [5.74, 6) is -0.395. The Labute approximate surface area is 167 Å². The van der Waals surface area contributed by atoms with Gasteiger partial charge in [-0.2, -0.15) is 10.1 Å². The molecule has 0 fully saturated rings. The Bertz CT molecular complexity index is 1240. The minimum absolute atomic E-state index is 0.00682. The molecule has 6 rings (SSSR count). The van der Waals surface area contributed by atoms with Crippen molar-refractivity contribution in [3.05, 3.63) is 71.7 Å². The number of hydrogen-bond acceptors (Lipinski definition) is 8. The fraction of sp³-hybridized carbons (Fsp3) is 0.105. The lowest BCUT2D eigenvalue weighted by atomic mass is 10.1. The van der Waals surface area contributed by atoms with Gasteiger partial charge in [0.05, 0.1) is 17.5 Å². The largest absolute Gasteiger partial charge is 0.345 e. The number of benzene rings is 2. The van der Waals surface area contributed by atoms with Gasteiger partial charge in [-0.25, -0.2) is 23.8 Å². The van der Waals surface area contributed by atoms with E-state index in [1.807, 2.05) is 24.3 Å². The third-order valence-electron chi connectivity index (χ3n) is 5.07. The summed E-state index contributed by atoms with van der Waals surface area (Å²) in [6.45, 7) is 0.175. The lowest BCUT2D eigenvalue weighted by Gasteiger charge is -2.38. The van der Waals surface area contributed by atoms with Crippen LogP contribution in [0.1, 0.15) is 5.56 Å². The third kappa shape index (κ3) is 2.31. The minimum atomic E-state index is -0.801. The van der Waals surface area contributed by atoms with Crippen molar-refractivity contribution in [3.63, 3.8) is 0 Å². The predicted octanol–water partition coefficient (Wildman–Crippen LogP) is 3.23. The zero-order valence-corrected chi connectivity index (χ0v) is 15.2. The van der Waals surface area contributed by atoms with E-state index in [1.165, 1.54) is 12.3 Å². The smallest absolute Gasteiger partial charge is 0.313 e. The lowest BCUT2D eigenvalue weighted by Crippen LogP contribution is -2.49. The average molecular weight is 411 g/mol. The van der Waals surface area contributed by atoms with Crippen molar-refractivity contribution in [3.8, 4) is 11.4 Å². The monoisotopic (exact) mass is 411 g/mol. The molecule has 0 spiro atoms. The van der Waals surface area contributed by atoms with Crippen molar-refractivity contribution in [1.82, 2.24) is 20.3 Å². The van der Waals surface area contributed by atoms with E-state index in [0.29, 0.717) is 16.8 Å². The summed E-state index contributed by atoms with van der Waals surface area (Å²) in [4.78, 5) is 10.6. The number of aliphatic imine (C=N–C) groups is 1. The standard InChI is InChI=1S/C19H12F3N7O/c20-11-5-6-12(14(21)7-11)17-24-19(30-25-17)28-9-23-18-13-3-1-2-4-15(13)27-10-26(22)8-16(27)29(18)28/h1-8H,9-10H2. The van der Waals surface area contributed by atoms with Gasteiger partial charge in [-0.05, 0) is 24.3 Å². The molecule has 0 saturated heterocycles. The molecule has 0 unspecified atom stereocenters. The summed E-state index contributed by atoms with van der Waals surface area (Å²) in [6.07, 6.45) is 1.35. The van der Waals surface area contributed by atoms with Crippen molar-refractivity contribution in [2.75, 3.05) is 23.2 Å². The molecule has 0 bridgehead atoms. The molecular formula is C19H12F3N7O. The quantitative estimate of drug-likeness (QED) is 0.600. The van der Waals surface area contributed by atoms with Crippen LogP contribution >= 0.6 is 0 Å². The topological polar surface area (TPSA) is 64.2 Å². The highest BCUT2D eigenvalue weighted by Gasteiger charge is 2.43. The number of rotatable bonds is 2. The zero-order chi connectivity index (χ0) is 20.4. The number of hydrogen-bond donors (Lipinski definition) is 0. The second-order valence-corrected chi connectivity index (χ2v) is 6.83. The number of aromatic nitrogens is 2. The van der Waals surface area contributed by atoms with Gasteiger partial charge in [0.2, 0.25) is 5.82 Å². The molecule has 0 saturated carbocycles. The number of nitrogens with zero attached hydrogens (tertiary/aromatic N) is 7. The van der Waals surface area contributed by atoms with Crippen molar-refractivity contribution in [2.24, 2.45) is 4.99 Å². The first-order chi connectivity index (χ1) is 14.6. The first-order valence-corrected chi connectivity index (χ1v) is 9.02. The van der Waals surface area contributed by atoms with Crippen LogP contribution in [0.3, 0.4) is 0 Å². The zero-order valence-electron chi connectivity index (χ0n) is 15.2. The minimum Gasteiger partial charge on any atom is -0.313 e. The Hall–Kier alpha value is -4.02. The van der Waals surface area contributed by atoms with Crippen LogP contribution < -0.4 is 9.91 Å². The second kappa shape index (κ2) is 5.99. The Kier molecular flexibility index (Phi) is 3.37. The van der Waals surface area contributed by atoms with Crippen molar-refractivity contribution >= 4 is 17.5 Å². The lowest BCUT2D eigenvalue weighted by molar-refractivity contribution is 0.104. The normalized spacial score (nSPS) is 17.0. The second-order valence-electron chi connectivity index (χ2n) is 6.83. The van der Waals surface area contributed by atoms with Crippen LogP contribution in [0.2, 0.25) is 0 Å². The first-order valence-electron chi connectivity index (χ1n) is 9.02. The molecule has 1 aromatic heterocycles. The van der Waals surface area contributed by atoms with Crippen LogP contribution in [0.15, 0.2) is 64.0 Å². The SMILES string of the molecule is Fc1ccc(-c2noc(N3CN=C4c5ccccc5N5CN(F)C=C5N43)n2)c(F)c1. The van der Waals surface area contributed by atoms with Crippen molar-refractivity contribution in [2.45, 2.75) is 0 Å². The molecule has 0 aliphatic carbocycles. The van der Waals surface area contributed by atoms with Crippen molar-refractivity contribution < 1.29 is 17.8 Å². The van der Waals surface area contributed by atoms with Gasteiger partial charge in [-0.1, -0.05) is 21.8 Å². The maximum Gasteiger partial charge on any atom is 0.345 e. The van der Waals surface area contributed by atoms with E-state index in [4.69, 9.17) is 4.52 Å². The molecule has 150 valence electrons. The van der Waals surface area contributed by atoms with Crippen LogP contribution in [0.4, 0.5) is 25.0 Å². The molecule has 2 aromatic carbocycles. The maximum atomic E-state index is 14.1. The highest BCUT2D eigenvalue weighted by molar-refractivity contribution is 6.08. The Balaban J connectivity index is 1.41. The van der Waals surface area contributed by atoms with Gasteiger partial charge in [-0.15, -0.1) is 0 Å². The van der Waals surface area contributed by atoms with Crippen LogP contribution in [0.25, 0.3) is 11.4 Å². The molecule has 30 heavy (non-hydrogen) atoms. The van der Waals surface area contributed by atoms with Gasteiger partial charge < -0.3 is 9.42 Å². The van der Waals surface area contributed by atoms with Gasteiger partial charge >= 0.3 is 6.01 Å². The summed E-state index contributed by atoms with van der Waals surface area (Å²) in [5.41, 5.74) is 1.67. The molecule has 11 heteroatoms. The molecule has 8 nitrogen and oxygen atoms in total. The van der Waals surface area contributed by atoms with Gasteiger partial charge in [0.1, 0.15) is 25.0 Å².